The molecule has 0 radical (unpaired) electrons. The highest BCUT2D eigenvalue weighted by atomic mass is 16.3. The summed E-state index contributed by atoms with van der Waals surface area (Å²) < 4.78 is 0. The monoisotopic (exact) mass is 971 g/mol. The van der Waals surface area contributed by atoms with Crippen molar-refractivity contribution in [3.8, 4) is 23.0 Å². The Morgan fingerprint density at radius 3 is 1.01 bits per heavy atom. The fourth-order valence-electron chi connectivity index (χ4n) is 9.27. The van der Waals surface area contributed by atoms with Gasteiger partial charge in [-0.3, -0.25) is 4.90 Å². The maximum atomic E-state index is 9.60. The first-order chi connectivity index (χ1) is 33.9. The number of hydrogen-bond acceptors (Lipinski definition) is 8. The van der Waals surface area contributed by atoms with Crippen LogP contribution in [0.4, 0.5) is 0 Å². The molecule has 0 amide bonds. The van der Waals surface area contributed by atoms with Crippen LogP contribution in [-0.2, 0) is 25.7 Å². The molecule has 0 aliphatic carbocycles. The number of aromatic nitrogens is 4. The van der Waals surface area contributed by atoms with E-state index in [1.54, 1.807) is 24.3 Å². The van der Waals surface area contributed by atoms with E-state index in [2.05, 4.69) is 135 Å². The first-order valence-electron chi connectivity index (χ1n) is 26.0. The summed E-state index contributed by atoms with van der Waals surface area (Å²) in [6, 6.07) is 24.2. The van der Waals surface area contributed by atoms with E-state index < -0.39 is 0 Å². The SMILES string of the molecule is CC(C)N(C)CCc1c[nH]c2ccc(O)cc12.CC(C)N(CCc1c[nH]c2ccc(O)cc12)C(C)C.CCN(CC)CCc1c[nH]c2ccc(O)cc12.CCN(CCc1c[nH]c2ccc(O)cc12)C(C)C. The molecular weight excluding hydrogens is 885 g/mol. The summed E-state index contributed by atoms with van der Waals surface area (Å²) in [6.07, 6.45) is 12.2. The molecule has 12 nitrogen and oxygen atoms in total. The molecule has 0 saturated heterocycles. The molecule has 0 bridgehead atoms. The average Bonchev–Trinajstić information content (AvgIpc) is 4.14. The molecule has 4 aromatic carbocycles. The van der Waals surface area contributed by atoms with Crippen LogP contribution in [-0.4, -0.2) is 137 Å². The normalized spacial score (nSPS) is 11.8. The Labute approximate surface area is 423 Å². The smallest absolute Gasteiger partial charge is 0.116 e. The molecule has 0 saturated carbocycles. The highest BCUT2D eigenvalue weighted by Crippen LogP contribution is 2.27. The summed E-state index contributed by atoms with van der Waals surface area (Å²) >= 11 is 0. The van der Waals surface area contributed by atoms with Gasteiger partial charge in [-0.1, -0.05) is 20.8 Å². The van der Waals surface area contributed by atoms with Crippen LogP contribution in [0.5, 0.6) is 23.0 Å². The number of benzene rings is 4. The number of phenols is 4. The van der Waals surface area contributed by atoms with Crippen LogP contribution in [0.1, 0.15) is 98.4 Å². The van der Waals surface area contributed by atoms with Crippen molar-refractivity contribution in [2.24, 2.45) is 0 Å². The van der Waals surface area contributed by atoms with Crippen LogP contribution < -0.4 is 0 Å². The second-order valence-corrected chi connectivity index (χ2v) is 19.9. The quantitative estimate of drug-likeness (QED) is 0.0398. The highest BCUT2D eigenvalue weighted by molar-refractivity contribution is 5.86. The number of likely N-dealkylation sites (N-methyl/N-ethyl adjacent to an activating group) is 3. The van der Waals surface area contributed by atoms with Crippen LogP contribution in [0, 0.1) is 0 Å². The van der Waals surface area contributed by atoms with Crippen LogP contribution in [0.25, 0.3) is 43.6 Å². The number of nitrogens with zero attached hydrogens (tertiary/aromatic N) is 4. The standard InChI is InChI=1S/C16H24N2O.C15H22N2O.2C14H20N2O/c1-11(2)18(12(3)4)8-7-13-10-17-16-6-5-14(19)9-15(13)16;1-4-17(11(2)3)8-7-12-10-16-15-6-5-13(18)9-14(12)15;1-10(2)16(3)7-6-11-9-15-14-5-4-12(17)8-13(11)14;1-3-16(4-2)8-7-11-10-15-14-6-5-12(17)9-13(11)14/h5-6,9-12,17,19H,7-8H2,1-4H3;5-6,9-11,16,18H,4,7-8H2,1-3H3;4-5,8-10,15,17H,6-7H2,1-3H3;5-6,9-10,15,17H,3-4,7-8H2,1-2H3. The Morgan fingerprint density at radius 1 is 0.394 bits per heavy atom. The lowest BCUT2D eigenvalue weighted by Crippen LogP contribution is -2.38. The van der Waals surface area contributed by atoms with Crippen LogP contribution in [0.3, 0.4) is 0 Å². The Bertz CT molecular complexity index is 2720. The largest absolute Gasteiger partial charge is 0.508 e. The van der Waals surface area contributed by atoms with Crippen LogP contribution >= 0.6 is 0 Å². The van der Waals surface area contributed by atoms with Crippen LogP contribution in [0.15, 0.2) is 97.6 Å². The molecule has 8 N–H and O–H groups in total. The van der Waals surface area contributed by atoms with Gasteiger partial charge in [-0.15, -0.1) is 0 Å². The van der Waals surface area contributed by atoms with Gasteiger partial charge in [0.15, 0.2) is 0 Å². The van der Waals surface area contributed by atoms with E-state index >= 15 is 0 Å². The summed E-state index contributed by atoms with van der Waals surface area (Å²) in [5.74, 6) is 1.33. The van der Waals surface area contributed by atoms with Gasteiger partial charge in [0.2, 0.25) is 0 Å². The number of H-pyrrole nitrogens is 4. The van der Waals surface area contributed by atoms with Crippen molar-refractivity contribution in [1.82, 2.24) is 39.5 Å². The van der Waals surface area contributed by atoms with E-state index in [9.17, 15) is 20.4 Å². The Kier molecular flexibility index (Phi) is 21.3. The molecule has 0 atom stereocenters. The van der Waals surface area contributed by atoms with Crippen molar-refractivity contribution >= 4 is 43.6 Å². The second kappa shape index (κ2) is 27.1. The van der Waals surface area contributed by atoms with Crippen molar-refractivity contribution in [2.45, 2.75) is 126 Å². The van der Waals surface area contributed by atoms with Gasteiger partial charge in [-0.25, -0.2) is 0 Å². The molecule has 0 aliphatic rings. The van der Waals surface area contributed by atoms with Crippen molar-refractivity contribution in [1.29, 1.82) is 0 Å². The van der Waals surface area contributed by atoms with E-state index in [1.807, 2.05) is 60.9 Å². The molecule has 12 heteroatoms. The molecule has 71 heavy (non-hydrogen) atoms. The molecule has 8 rings (SSSR count). The third-order valence-electron chi connectivity index (χ3n) is 14.0. The number of hydrogen-bond donors (Lipinski definition) is 8. The van der Waals surface area contributed by atoms with Gasteiger partial charge < -0.3 is 55.1 Å². The van der Waals surface area contributed by atoms with Crippen molar-refractivity contribution in [3.05, 3.63) is 120 Å². The summed E-state index contributed by atoms with van der Waals surface area (Å²) in [4.78, 5) is 22.7. The van der Waals surface area contributed by atoms with Crippen LogP contribution in [0.2, 0.25) is 0 Å². The maximum absolute atomic E-state index is 9.60. The Morgan fingerprint density at radius 2 is 0.718 bits per heavy atom. The summed E-state index contributed by atoms with van der Waals surface area (Å²) in [5.41, 5.74) is 9.47. The molecular formula is C59H86N8O4. The lowest BCUT2D eigenvalue weighted by molar-refractivity contribution is 0.177. The van der Waals surface area contributed by atoms with Gasteiger partial charge in [-0.05, 0) is 203 Å². The van der Waals surface area contributed by atoms with Gasteiger partial charge in [-0.2, -0.15) is 0 Å². The molecule has 386 valence electrons. The number of phenolic OH excluding ortho intramolecular Hbond substituents is 4. The molecule has 0 fully saturated rings. The van der Waals surface area contributed by atoms with E-state index in [0.717, 1.165) is 115 Å². The first kappa shape index (κ1) is 56.0. The summed E-state index contributed by atoms with van der Waals surface area (Å²) in [5, 5.41) is 42.7. The van der Waals surface area contributed by atoms with E-state index in [-0.39, 0.29) is 0 Å². The zero-order chi connectivity index (χ0) is 51.8. The minimum atomic E-state index is 0.329. The Hall–Kier alpha value is -5.92. The fourth-order valence-corrected chi connectivity index (χ4v) is 9.27. The summed E-state index contributed by atoms with van der Waals surface area (Å²) in [6.45, 7) is 31.8. The van der Waals surface area contributed by atoms with Crippen molar-refractivity contribution < 1.29 is 20.4 Å². The zero-order valence-corrected chi connectivity index (χ0v) is 44.9. The van der Waals surface area contributed by atoms with Crippen molar-refractivity contribution in [2.75, 3.05) is 52.9 Å². The molecule has 8 aromatic rings. The molecule has 0 unspecified atom stereocenters. The zero-order valence-electron chi connectivity index (χ0n) is 44.9. The van der Waals surface area contributed by atoms with E-state index in [0.29, 0.717) is 47.2 Å². The minimum absolute atomic E-state index is 0.329. The fraction of sp³-hybridized carbons (Fsp3) is 0.458. The number of aromatic hydroxyl groups is 4. The summed E-state index contributed by atoms with van der Waals surface area (Å²) in [7, 11) is 2.14. The highest BCUT2D eigenvalue weighted by Gasteiger charge is 2.15. The third kappa shape index (κ3) is 16.0. The predicted octanol–water partition coefficient (Wildman–Crippen LogP) is 12.2. The molecule has 0 spiro atoms. The lowest BCUT2D eigenvalue weighted by Gasteiger charge is -2.30. The number of aromatic amines is 4. The number of fused-ring (bicyclic) bond motifs is 4. The van der Waals surface area contributed by atoms with Gasteiger partial charge in [0.05, 0.1) is 0 Å². The molecule has 0 aliphatic heterocycles. The topological polar surface area (TPSA) is 157 Å². The third-order valence-corrected chi connectivity index (χ3v) is 14.0. The molecule has 4 heterocycles. The van der Waals surface area contributed by atoms with Gasteiger partial charge >= 0.3 is 0 Å². The Balaban J connectivity index is 0.000000176. The van der Waals surface area contributed by atoms with Crippen molar-refractivity contribution in [3.63, 3.8) is 0 Å². The number of nitrogens with one attached hydrogen (secondary N) is 4. The number of rotatable bonds is 19. The molecule has 4 aromatic heterocycles. The maximum Gasteiger partial charge on any atom is 0.116 e. The average molecular weight is 971 g/mol. The predicted molar refractivity (Wildman–Crippen MR) is 300 cm³/mol. The second-order valence-electron chi connectivity index (χ2n) is 19.9. The minimum Gasteiger partial charge on any atom is -0.508 e. The van der Waals surface area contributed by atoms with Gasteiger partial charge in [0, 0.05) is 119 Å². The first-order valence-corrected chi connectivity index (χ1v) is 26.0. The van der Waals surface area contributed by atoms with E-state index in [4.69, 9.17) is 0 Å². The lowest BCUT2D eigenvalue weighted by atomic mass is 10.1. The van der Waals surface area contributed by atoms with E-state index in [1.165, 1.54) is 22.3 Å². The van der Waals surface area contributed by atoms with Gasteiger partial charge in [0.1, 0.15) is 23.0 Å². The van der Waals surface area contributed by atoms with Gasteiger partial charge in [0.25, 0.3) is 0 Å².